The molecule has 2 heteroatoms. The van der Waals surface area contributed by atoms with Gasteiger partial charge in [-0.15, -0.1) is 0 Å². The Labute approximate surface area is 291 Å². The van der Waals surface area contributed by atoms with Crippen molar-refractivity contribution in [3.63, 3.8) is 0 Å². The van der Waals surface area contributed by atoms with Crippen LogP contribution in [-0.4, -0.2) is 11.1 Å². The number of rotatable bonds is 7. The van der Waals surface area contributed by atoms with E-state index in [-0.39, 0.29) is 5.41 Å². The number of aromatic nitrogens is 1. The summed E-state index contributed by atoms with van der Waals surface area (Å²) in [5.74, 6) is 0. The molecular weight excluding hydrogens is 593 g/mol. The largest absolute Gasteiger partial charge is 0.338 e. The van der Waals surface area contributed by atoms with E-state index in [1.165, 1.54) is 66.6 Å². The summed E-state index contributed by atoms with van der Waals surface area (Å²) in [5, 5.41) is 2.58. The summed E-state index contributed by atoms with van der Waals surface area (Å²) in [6, 6.07) is 52.9. The summed E-state index contributed by atoms with van der Waals surface area (Å²) in [6.45, 7) is 11.6. The van der Waals surface area contributed by atoms with E-state index in [4.69, 9.17) is 0 Å². The SMILES string of the molecule is C/C(=C\C=C/CN(c1ccc(-c2ccccc2)cc1)c1ccc2c(c1)c1cccc3c1n2-c1ccccc1C3(C)C)c1ccccc1.CC. The van der Waals surface area contributed by atoms with Gasteiger partial charge in [0, 0.05) is 34.1 Å². The highest BCUT2D eigenvalue weighted by Gasteiger charge is 2.34. The zero-order valence-corrected chi connectivity index (χ0v) is 29.2. The van der Waals surface area contributed by atoms with Crippen molar-refractivity contribution in [2.45, 2.75) is 40.0 Å². The van der Waals surface area contributed by atoms with Gasteiger partial charge in [-0.05, 0) is 76.7 Å². The Kier molecular flexibility index (Phi) is 8.80. The van der Waals surface area contributed by atoms with Crippen molar-refractivity contribution in [1.29, 1.82) is 0 Å². The molecule has 242 valence electrons. The summed E-state index contributed by atoms with van der Waals surface area (Å²) < 4.78 is 2.49. The molecule has 1 aliphatic heterocycles. The lowest BCUT2D eigenvalue weighted by Crippen LogP contribution is -2.26. The quantitative estimate of drug-likeness (QED) is 0.158. The van der Waals surface area contributed by atoms with Gasteiger partial charge in [0.2, 0.25) is 0 Å². The summed E-state index contributed by atoms with van der Waals surface area (Å²) in [5.41, 5.74) is 13.8. The second-order valence-corrected chi connectivity index (χ2v) is 13.0. The highest BCUT2D eigenvalue weighted by molar-refractivity contribution is 6.12. The molecule has 0 aliphatic carbocycles. The molecule has 0 saturated heterocycles. The van der Waals surface area contributed by atoms with Gasteiger partial charge >= 0.3 is 0 Å². The molecule has 7 aromatic rings. The third-order valence-electron chi connectivity index (χ3n) is 9.86. The van der Waals surface area contributed by atoms with Crippen LogP contribution in [-0.2, 0) is 5.41 Å². The van der Waals surface area contributed by atoms with Crippen molar-refractivity contribution in [1.82, 2.24) is 4.57 Å². The topological polar surface area (TPSA) is 8.17 Å². The minimum Gasteiger partial charge on any atom is -0.338 e. The van der Waals surface area contributed by atoms with Gasteiger partial charge in [0.1, 0.15) is 0 Å². The number of hydrogen-bond acceptors (Lipinski definition) is 1. The molecule has 0 bridgehead atoms. The maximum absolute atomic E-state index is 2.49. The molecule has 0 spiro atoms. The molecule has 6 aromatic carbocycles. The maximum Gasteiger partial charge on any atom is 0.0582 e. The van der Waals surface area contributed by atoms with Crippen LogP contribution in [0.5, 0.6) is 0 Å². The molecular formula is C47H44N2. The minimum absolute atomic E-state index is 0.0773. The van der Waals surface area contributed by atoms with Crippen molar-refractivity contribution in [2.75, 3.05) is 11.4 Å². The number of hydrogen-bond donors (Lipinski definition) is 0. The number of nitrogens with zero attached hydrogens (tertiary/aromatic N) is 2. The van der Waals surface area contributed by atoms with E-state index in [0.717, 1.165) is 12.2 Å². The van der Waals surface area contributed by atoms with Gasteiger partial charge in [-0.1, -0.05) is 155 Å². The Morgan fingerprint density at radius 1 is 0.633 bits per heavy atom. The van der Waals surface area contributed by atoms with Crippen LogP contribution in [0.2, 0.25) is 0 Å². The molecule has 1 aromatic heterocycles. The van der Waals surface area contributed by atoms with Crippen molar-refractivity contribution in [2.24, 2.45) is 0 Å². The van der Waals surface area contributed by atoms with Crippen LogP contribution in [0.4, 0.5) is 11.4 Å². The first-order chi connectivity index (χ1) is 24.0. The average molecular weight is 637 g/mol. The lowest BCUT2D eigenvalue weighted by Gasteiger charge is -2.34. The predicted octanol–water partition coefficient (Wildman–Crippen LogP) is 12.9. The smallest absolute Gasteiger partial charge is 0.0582 e. The Hall–Kier alpha value is -5.60. The molecule has 0 amide bonds. The fraction of sp³-hybridized carbons (Fsp3) is 0.149. The fourth-order valence-corrected chi connectivity index (χ4v) is 7.32. The van der Waals surface area contributed by atoms with E-state index in [9.17, 15) is 0 Å². The second kappa shape index (κ2) is 13.5. The third-order valence-corrected chi connectivity index (χ3v) is 9.86. The Morgan fingerprint density at radius 2 is 1.27 bits per heavy atom. The van der Waals surface area contributed by atoms with Crippen LogP contribution in [0.3, 0.4) is 0 Å². The zero-order chi connectivity index (χ0) is 34.0. The number of benzene rings is 6. The van der Waals surface area contributed by atoms with E-state index in [0.29, 0.717) is 0 Å². The lowest BCUT2D eigenvalue weighted by molar-refractivity contribution is 0.630. The minimum atomic E-state index is -0.0773. The first kappa shape index (κ1) is 32.0. The van der Waals surface area contributed by atoms with Crippen LogP contribution in [0.25, 0.3) is 44.2 Å². The summed E-state index contributed by atoms with van der Waals surface area (Å²) >= 11 is 0. The first-order valence-electron chi connectivity index (χ1n) is 17.5. The Balaban J connectivity index is 0.00000186. The summed E-state index contributed by atoms with van der Waals surface area (Å²) in [4.78, 5) is 2.42. The Morgan fingerprint density at radius 3 is 2.02 bits per heavy atom. The molecule has 0 unspecified atom stereocenters. The number of para-hydroxylation sites is 2. The van der Waals surface area contributed by atoms with Crippen LogP contribution in [0, 0.1) is 0 Å². The van der Waals surface area contributed by atoms with Gasteiger partial charge in [-0.2, -0.15) is 0 Å². The van der Waals surface area contributed by atoms with E-state index in [1.54, 1.807) is 0 Å². The molecule has 8 rings (SSSR count). The third kappa shape index (κ3) is 5.78. The summed E-state index contributed by atoms with van der Waals surface area (Å²) in [6.07, 6.45) is 6.65. The molecule has 0 radical (unpaired) electrons. The first-order valence-corrected chi connectivity index (χ1v) is 17.5. The molecule has 2 heterocycles. The number of anilines is 2. The van der Waals surface area contributed by atoms with Crippen molar-refractivity contribution >= 4 is 38.8 Å². The fourth-order valence-electron chi connectivity index (χ4n) is 7.32. The number of allylic oxidation sites excluding steroid dienone is 3. The van der Waals surface area contributed by atoms with Crippen LogP contribution in [0.15, 0.2) is 164 Å². The lowest BCUT2D eigenvalue weighted by atomic mass is 9.75. The van der Waals surface area contributed by atoms with Crippen LogP contribution < -0.4 is 4.90 Å². The zero-order valence-electron chi connectivity index (χ0n) is 29.2. The second-order valence-electron chi connectivity index (χ2n) is 13.0. The van der Waals surface area contributed by atoms with E-state index in [2.05, 4.69) is 194 Å². The van der Waals surface area contributed by atoms with Crippen molar-refractivity contribution < 1.29 is 0 Å². The van der Waals surface area contributed by atoms with Crippen LogP contribution >= 0.6 is 0 Å². The van der Waals surface area contributed by atoms with Gasteiger partial charge in [-0.3, -0.25) is 0 Å². The standard InChI is InChI=1S/C45H38N2.C2H6/c1-32(33-16-6-4-7-17-33)15-12-13-30-46(36-26-24-35(25-27-36)34-18-8-5-9-19-34)37-28-29-42-39(31-37)38-20-14-22-41-44(38)47(42)43-23-11-10-21-40(43)45(41,2)3;1-2/h4-29,31H,30H2,1-3H3;1-2H3/b13-12-,32-15+;. The molecule has 0 N–H and O–H groups in total. The van der Waals surface area contributed by atoms with Crippen LogP contribution in [0.1, 0.15) is 51.3 Å². The number of fused-ring (bicyclic) bond motifs is 5. The maximum atomic E-state index is 2.49. The van der Waals surface area contributed by atoms with Gasteiger partial charge in [0.05, 0.1) is 16.7 Å². The summed E-state index contributed by atoms with van der Waals surface area (Å²) in [7, 11) is 0. The highest BCUT2D eigenvalue weighted by atomic mass is 15.1. The Bertz CT molecular complexity index is 2290. The van der Waals surface area contributed by atoms with Gasteiger partial charge < -0.3 is 9.47 Å². The van der Waals surface area contributed by atoms with Gasteiger partial charge in [0.15, 0.2) is 0 Å². The molecule has 0 atom stereocenters. The predicted molar refractivity (Wildman–Crippen MR) is 212 cm³/mol. The van der Waals surface area contributed by atoms with Gasteiger partial charge in [0.25, 0.3) is 0 Å². The molecule has 1 aliphatic rings. The van der Waals surface area contributed by atoms with E-state index >= 15 is 0 Å². The van der Waals surface area contributed by atoms with Gasteiger partial charge in [-0.25, -0.2) is 0 Å². The molecule has 49 heavy (non-hydrogen) atoms. The normalized spacial score (nSPS) is 13.3. The average Bonchev–Trinajstić information content (AvgIpc) is 3.50. The molecule has 0 saturated carbocycles. The monoisotopic (exact) mass is 636 g/mol. The van der Waals surface area contributed by atoms with E-state index in [1.807, 2.05) is 13.8 Å². The van der Waals surface area contributed by atoms with Crippen molar-refractivity contribution in [3.05, 3.63) is 181 Å². The highest BCUT2D eigenvalue weighted by Crippen LogP contribution is 2.48. The van der Waals surface area contributed by atoms with E-state index < -0.39 is 0 Å². The molecule has 2 nitrogen and oxygen atoms in total. The molecule has 0 fully saturated rings. The van der Waals surface area contributed by atoms with Crippen molar-refractivity contribution in [3.8, 4) is 16.8 Å².